The molecule has 0 spiro atoms. The molecule has 4 heterocycles. The first-order valence-electron chi connectivity index (χ1n) is 23.1. The third-order valence-corrected chi connectivity index (χ3v) is 14.2. The molecule has 13 rings (SSSR count). The van der Waals surface area contributed by atoms with Gasteiger partial charge in [-0.2, -0.15) is 22.0 Å². The predicted molar refractivity (Wildman–Crippen MR) is 278 cm³/mol. The normalized spacial score (nSPS) is 12.6. The Morgan fingerprint density at radius 1 is 0.443 bits per heavy atom. The van der Waals surface area contributed by atoms with Gasteiger partial charge in [-0.05, 0) is 111 Å². The third-order valence-electron chi connectivity index (χ3n) is 14.2. The molecule has 2 aliphatic rings. The van der Waals surface area contributed by atoms with Gasteiger partial charge in [0.15, 0.2) is 0 Å². The Hall–Kier alpha value is -8.51. The SMILES string of the molecule is CN(c1cc2c(N(c3ccccc3)c3ccc4ccccc4c3)ccc3c2n1-c1cccc2c1B3c1ccc(N(c3ccccc3)c3cccc4ccccc34)c3cc(N(C)C(F)(F)F)n-2c13)C(F)F. The van der Waals surface area contributed by atoms with Crippen LogP contribution in [0.5, 0.6) is 0 Å². The van der Waals surface area contributed by atoms with E-state index in [0.717, 1.165) is 89.2 Å². The van der Waals surface area contributed by atoms with E-state index in [0.29, 0.717) is 32.9 Å². The van der Waals surface area contributed by atoms with Crippen molar-refractivity contribution < 1.29 is 22.0 Å². The van der Waals surface area contributed by atoms with Crippen LogP contribution in [-0.4, -0.2) is 42.8 Å². The lowest BCUT2D eigenvalue weighted by Crippen LogP contribution is -2.59. The first-order chi connectivity index (χ1) is 34.1. The average molecular weight is 927 g/mol. The van der Waals surface area contributed by atoms with Crippen molar-refractivity contribution in [3.63, 3.8) is 0 Å². The second-order valence-corrected chi connectivity index (χ2v) is 18.0. The van der Waals surface area contributed by atoms with E-state index < -0.39 is 19.6 Å². The van der Waals surface area contributed by atoms with Gasteiger partial charge in [-0.1, -0.05) is 121 Å². The number of hydrogen-bond acceptors (Lipinski definition) is 4. The van der Waals surface area contributed by atoms with Gasteiger partial charge < -0.3 is 14.7 Å². The monoisotopic (exact) mass is 926 g/mol. The zero-order valence-corrected chi connectivity index (χ0v) is 37.8. The number of rotatable bonds is 9. The minimum atomic E-state index is -4.74. The maximum absolute atomic E-state index is 15.2. The molecule has 9 aromatic carbocycles. The predicted octanol–water partition coefficient (Wildman–Crippen LogP) is 13.6. The average Bonchev–Trinajstić information content (AvgIpc) is 3.99. The molecule has 0 aliphatic carbocycles. The molecule has 0 atom stereocenters. The van der Waals surface area contributed by atoms with Gasteiger partial charge in [0.1, 0.15) is 11.6 Å². The molecular formula is C58H40BF5N6. The number of alkyl halides is 5. The lowest BCUT2D eigenvalue weighted by Gasteiger charge is -2.36. The lowest BCUT2D eigenvalue weighted by molar-refractivity contribution is -0.126. The van der Waals surface area contributed by atoms with E-state index in [1.165, 1.54) is 7.05 Å². The Bertz CT molecular complexity index is 3880. The minimum absolute atomic E-state index is 0.0772. The minimum Gasteiger partial charge on any atom is -0.310 e. The maximum atomic E-state index is 15.2. The number of hydrogen-bond donors (Lipinski definition) is 0. The summed E-state index contributed by atoms with van der Waals surface area (Å²) in [7, 11) is 2.42. The molecule has 0 N–H and O–H groups in total. The van der Waals surface area contributed by atoms with Crippen LogP contribution in [0.4, 0.5) is 67.7 Å². The highest BCUT2D eigenvalue weighted by Gasteiger charge is 2.45. The van der Waals surface area contributed by atoms with Crippen molar-refractivity contribution in [2.75, 3.05) is 33.7 Å². The number of aromatic nitrogens is 2. The largest absolute Gasteiger partial charge is 0.485 e. The zero-order chi connectivity index (χ0) is 47.6. The second kappa shape index (κ2) is 15.5. The quantitative estimate of drug-likeness (QED) is 0.0817. The van der Waals surface area contributed by atoms with Gasteiger partial charge in [-0.15, -0.1) is 0 Å². The van der Waals surface area contributed by atoms with Gasteiger partial charge in [0.2, 0.25) is 0 Å². The molecule has 0 amide bonds. The standard InChI is InChI=1S/C58H40BF5N6/c1-65(57(60)61)52-34-43-48(67(39-19-5-3-6-20-39)41-28-27-36-15-9-10-17-38(36)33-41)31-29-45-55(43)69(52)50-25-14-26-51-54(50)59(45)46-30-32-49(44-35-53(70(51)56(44)46)66(2)58(62,63)64)68(40-21-7-4-8-22-40)47-24-13-18-37-16-11-12-23-42(37)47/h3-35,57H,1-2H3. The Balaban J connectivity index is 1.12. The first kappa shape index (κ1) is 41.7. The van der Waals surface area contributed by atoms with Crippen molar-refractivity contribution in [3.05, 3.63) is 200 Å². The Labute approximate surface area is 399 Å². The summed E-state index contributed by atoms with van der Waals surface area (Å²) in [5, 5.41) is 5.49. The maximum Gasteiger partial charge on any atom is 0.485 e. The van der Waals surface area contributed by atoms with E-state index in [-0.39, 0.29) is 11.6 Å². The molecule has 0 saturated heterocycles. The number of fused-ring (bicyclic) bond motifs is 6. The van der Waals surface area contributed by atoms with Gasteiger partial charge in [0.05, 0.1) is 28.1 Å². The van der Waals surface area contributed by atoms with Gasteiger partial charge in [0.25, 0.3) is 6.71 Å². The second-order valence-electron chi connectivity index (χ2n) is 18.0. The first-order valence-corrected chi connectivity index (χ1v) is 23.1. The summed E-state index contributed by atoms with van der Waals surface area (Å²) < 4.78 is 79.7. The van der Waals surface area contributed by atoms with E-state index >= 15 is 22.0 Å². The highest BCUT2D eigenvalue weighted by molar-refractivity contribution is 7.00. The highest BCUT2D eigenvalue weighted by atomic mass is 19.4. The number of benzene rings is 9. The fraction of sp³-hybridized carbons (Fsp3) is 0.0690. The summed E-state index contributed by atoms with van der Waals surface area (Å²) in [6.07, 6.45) is -4.74. The Morgan fingerprint density at radius 2 is 0.957 bits per heavy atom. The molecule has 0 saturated carbocycles. The van der Waals surface area contributed by atoms with Crippen LogP contribution in [-0.2, 0) is 0 Å². The van der Waals surface area contributed by atoms with Crippen molar-refractivity contribution in [1.29, 1.82) is 0 Å². The van der Waals surface area contributed by atoms with Crippen LogP contribution >= 0.6 is 0 Å². The van der Waals surface area contributed by atoms with Crippen molar-refractivity contribution in [3.8, 4) is 11.4 Å². The molecule has 0 fully saturated rings. The molecule has 340 valence electrons. The molecule has 0 bridgehead atoms. The molecule has 2 aromatic heterocycles. The Morgan fingerprint density at radius 3 is 1.60 bits per heavy atom. The Kier molecular flexibility index (Phi) is 9.23. The van der Waals surface area contributed by atoms with E-state index in [1.807, 2.05) is 138 Å². The fourth-order valence-corrected chi connectivity index (χ4v) is 11.1. The lowest BCUT2D eigenvalue weighted by atomic mass is 9.34. The van der Waals surface area contributed by atoms with Gasteiger partial charge in [-0.25, -0.2) is 0 Å². The van der Waals surface area contributed by atoms with Crippen molar-refractivity contribution in [1.82, 2.24) is 9.13 Å². The summed E-state index contributed by atoms with van der Waals surface area (Å²) in [6.45, 7) is -3.36. The van der Waals surface area contributed by atoms with Crippen LogP contribution in [0.2, 0.25) is 0 Å². The summed E-state index contributed by atoms with van der Waals surface area (Å²) >= 11 is 0. The van der Waals surface area contributed by atoms with Crippen LogP contribution in [0.3, 0.4) is 0 Å². The molecular weight excluding hydrogens is 886 g/mol. The van der Waals surface area contributed by atoms with E-state index in [2.05, 4.69) is 70.5 Å². The molecule has 70 heavy (non-hydrogen) atoms. The van der Waals surface area contributed by atoms with Crippen molar-refractivity contribution in [2.45, 2.75) is 12.8 Å². The summed E-state index contributed by atoms with van der Waals surface area (Å²) in [4.78, 5) is 5.62. The van der Waals surface area contributed by atoms with E-state index in [1.54, 1.807) is 10.6 Å². The fourth-order valence-electron chi connectivity index (χ4n) is 11.1. The third kappa shape index (κ3) is 6.11. The van der Waals surface area contributed by atoms with Crippen molar-refractivity contribution in [2.24, 2.45) is 0 Å². The molecule has 0 radical (unpaired) electrons. The molecule has 6 nitrogen and oxygen atoms in total. The van der Waals surface area contributed by atoms with Crippen LogP contribution in [0.25, 0.3) is 54.7 Å². The molecule has 2 aliphatic heterocycles. The van der Waals surface area contributed by atoms with E-state index in [4.69, 9.17) is 0 Å². The zero-order valence-electron chi connectivity index (χ0n) is 37.8. The number of halogens is 5. The summed E-state index contributed by atoms with van der Waals surface area (Å²) in [5.74, 6) is 0.170. The van der Waals surface area contributed by atoms with Crippen LogP contribution in [0, 0.1) is 0 Å². The van der Waals surface area contributed by atoms with Gasteiger partial charge >= 0.3 is 12.8 Å². The van der Waals surface area contributed by atoms with Crippen LogP contribution in [0.1, 0.15) is 0 Å². The number of anilines is 8. The molecule has 0 unspecified atom stereocenters. The number of para-hydroxylation sites is 2. The number of nitrogens with zero attached hydrogens (tertiary/aromatic N) is 6. The van der Waals surface area contributed by atoms with Gasteiger partial charge in [-0.3, -0.25) is 14.0 Å². The van der Waals surface area contributed by atoms with Crippen molar-refractivity contribution >= 4 is 112 Å². The van der Waals surface area contributed by atoms with E-state index in [9.17, 15) is 0 Å². The smallest absolute Gasteiger partial charge is 0.310 e. The molecule has 11 aromatic rings. The van der Waals surface area contributed by atoms with Crippen LogP contribution in [0.15, 0.2) is 200 Å². The van der Waals surface area contributed by atoms with Gasteiger partial charge in [0, 0.05) is 58.7 Å². The summed E-state index contributed by atoms with van der Waals surface area (Å²) in [6, 6.07) is 65.7. The van der Waals surface area contributed by atoms with Crippen LogP contribution < -0.4 is 36.0 Å². The highest BCUT2D eigenvalue weighted by Crippen LogP contribution is 2.48. The topological polar surface area (TPSA) is 22.8 Å². The summed E-state index contributed by atoms with van der Waals surface area (Å²) in [5.41, 5.74) is 9.84. The molecule has 12 heteroatoms.